The Morgan fingerprint density at radius 2 is 1.86 bits per heavy atom. The fourth-order valence-electron chi connectivity index (χ4n) is 2.24. The van der Waals surface area contributed by atoms with Gasteiger partial charge in [-0.3, -0.25) is 0 Å². The summed E-state index contributed by atoms with van der Waals surface area (Å²) in [5.74, 6) is 0.405. The molecule has 7 heteroatoms. The lowest BCUT2D eigenvalue weighted by molar-refractivity contribution is 0.402. The first-order valence-electron chi connectivity index (χ1n) is 6.88. The number of halogens is 1. The number of nitrogens with two attached hydrogens (primary N) is 1. The smallest absolute Gasteiger partial charge is 0.240 e. The second-order valence-electron chi connectivity index (χ2n) is 5.68. The SMILES string of the molecule is CN(C)Cc1ccc(S(=O)(=O)NC(CN)C2CC2)cc1.Cl. The van der Waals surface area contributed by atoms with E-state index in [0.717, 1.165) is 24.9 Å². The Morgan fingerprint density at radius 1 is 1.29 bits per heavy atom. The van der Waals surface area contributed by atoms with Crippen LogP contribution in [0.4, 0.5) is 0 Å². The summed E-state index contributed by atoms with van der Waals surface area (Å²) in [5, 5.41) is 0. The molecule has 1 unspecified atom stereocenters. The van der Waals surface area contributed by atoms with Crippen LogP contribution in [0.5, 0.6) is 0 Å². The standard InChI is InChI=1S/C14H23N3O2S.ClH/c1-17(2)10-11-3-7-13(8-4-11)20(18,19)16-14(9-15)12-5-6-12;/h3-4,7-8,12,14,16H,5-6,9-10,15H2,1-2H3;1H. The van der Waals surface area contributed by atoms with Crippen molar-refractivity contribution in [2.24, 2.45) is 11.7 Å². The van der Waals surface area contributed by atoms with Crippen molar-refractivity contribution in [3.63, 3.8) is 0 Å². The van der Waals surface area contributed by atoms with Crippen LogP contribution in [0.15, 0.2) is 29.2 Å². The molecule has 1 aliphatic carbocycles. The van der Waals surface area contributed by atoms with Crippen LogP contribution in [-0.2, 0) is 16.6 Å². The first kappa shape index (κ1) is 18.4. The summed E-state index contributed by atoms with van der Waals surface area (Å²) in [6.07, 6.45) is 2.12. The van der Waals surface area contributed by atoms with Gasteiger partial charge in [-0.2, -0.15) is 0 Å². The zero-order valence-electron chi connectivity index (χ0n) is 12.5. The molecule has 120 valence electrons. The number of nitrogens with zero attached hydrogens (tertiary/aromatic N) is 1. The second-order valence-corrected chi connectivity index (χ2v) is 7.40. The van der Waals surface area contributed by atoms with Crippen molar-refractivity contribution in [1.82, 2.24) is 9.62 Å². The van der Waals surface area contributed by atoms with Gasteiger partial charge in [0.15, 0.2) is 0 Å². The summed E-state index contributed by atoms with van der Waals surface area (Å²) >= 11 is 0. The van der Waals surface area contributed by atoms with E-state index in [9.17, 15) is 8.42 Å². The Bertz CT molecular complexity index is 542. The van der Waals surface area contributed by atoms with Crippen molar-refractivity contribution in [2.45, 2.75) is 30.3 Å². The molecule has 0 heterocycles. The van der Waals surface area contributed by atoms with Gasteiger partial charge in [0.2, 0.25) is 10.0 Å². The van der Waals surface area contributed by atoms with E-state index < -0.39 is 10.0 Å². The van der Waals surface area contributed by atoms with E-state index in [-0.39, 0.29) is 18.4 Å². The third kappa shape index (κ3) is 5.23. The highest BCUT2D eigenvalue weighted by atomic mass is 35.5. The van der Waals surface area contributed by atoms with Crippen molar-refractivity contribution in [1.29, 1.82) is 0 Å². The van der Waals surface area contributed by atoms with Crippen molar-refractivity contribution >= 4 is 22.4 Å². The van der Waals surface area contributed by atoms with Gasteiger partial charge < -0.3 is 10.6 Å². The van der Waals surface area contributed by atoms with Crippen molar-refractivity contribution in [3.8, 4) is 0 Å². The lowest BCUT2D eigenvalue weighted by Crippen LogP contribution is -2.41. The number of hydrogen-bond donors (Lipinski definition) is 2. The Morgan fingerprint density at radius 3 is 2.29 bits per heavy atom. The van der Waals surface area contributed by atoms with E-state index in [1.54, 1.807) is 12.1 Å². The van der Waals surface area contributed by atoms with Crippen LogP contribution in [0.3, 0.4) is 0 Å². The first-order valence-corrected chi connectivity index (χ1v) is 8.37. The Hall–Kier alpha value is -0.660. The van der Waals surface area contributed by atoms with Gasteiger partial charge >= 0.3 is 0 Å². The first-order chi connectivity index (χ1) is 9.42. The van der Waals surface area contributed by atoms with Crippen LogP contribution < -0.4 is 10.5 Å². The molecule has 2 rings (SSSR count). The zero-order chi connectivity index (χ0) is 14.8. The van der Waals surface area contributed by atoms with Crippen LogP contribution in [0.2, 0.25) is 0 Å². The minimum absolute atomic E-state index is 0. The quantitative estimate of drug-likeness (QED) is 0.786. The molecular weight excluding hydrogens is 310 g/mol. The monoisotopic (exact) mass is 333 g/mol. The maximum atomic E-state index is 12.3. The van der Waals surface area contributed by atoms with Crippen LogP contribution in [-0.4, -0.2) is 40.0 Å². The topological polar surface area (TPSA) is 75.4 Å². The van der Waals surface area contributed by atoms with Gasteiger partial charge in [0, 0.05) is 19.1 Å². The molecule has 1 aromatic rings. The van der Waals surface area contributed by atoms with E-state index in [0.29, 0.717) is 17.4 Å². The van der Waals surface area contributed by atoms with Gasteiger partial charge in [-0.15, -0.1) is 12.4 Å². The summed E-state index contributed by atoms with van der Waals surface area (Å²) in [7, 11) is 0.494. The Labute approximate surface area is 133 Å². The Kier molecular flexibility index (Phi) is 6.62. The molecule has 0 amide bonds. The van der Waals surface area contributed by atoms with Gasteiger partial charge in [0.05, 0.1) is 4.90 Å². The van der Waals surface area contributed by atoms with Crippen LogP contribution in [0.1, 0.15) is 18.4 Å². The van der Waals surface area contributed by atoms with Gasteiger partial charge in [-0.25, -0.2) is 13.1 Å². The van der Waals surface area contributed by atoms with Crippen molar-refractivity contribution < 1.29 is 8.42 Å². The third-order valence-electron chi connectivity index (χ3n) is 3.48. The molecule has 1 fully saturated rings. The maximum Gasteiger partial charge on any atom is 0.240 e. The lowest BCUT2D eigenvalue weighted by atomic mass is 10.2. The van der Waals surface area contributed by atoms with Crippen molar-refractivity contribution in [2.75, 3.05) is 20.6 Å². The second kappa shape index (κ2) is 7.56. The van der Waals surface area contributed by atoms with Crippen LogP contribution in [0, 0.1) is 5.92 Å². The molecule has 21 heavy (non-hydrogen) atoms. The molecule has 1 aromatic carbocycles. The third-order valence-corrected chi connectivity index (χ3v) is 4.99. The number of nitrogens with one attached hydrogen (secondary N) is 1. The normalized spacial score (nSPS) is 16.6. The summed E-state index contributed by atoms with van der Waals surface area (Å²) in [4.78, 5) is 2.35. The van der Waals surface area contributed by atoms with Gasteiger partial charge in [-0.1, -0.05) is 12.1 Å². The zero-order valence-corrected chi connectivity index (χ0v) is 14.1. The van der Waals surface area contributed by atoms with E-state index in [1.165, 1.54) is 0 Å². The summed E-state index contributed by atoms with van der Waals surface area (Å²) in [6.45, 7) is 1.14. The average molecular weight is 334 g/mol. The highest BCUT2D eigenvalue weighted by Crippen LogP contribution is 2.32. The highest BCUT2D eigenvalue weighted by Gasteiger charge is 2.33. The molecule has 0 aromatic heterocycles. The highest BCUT2D eigenvalue weighted by molar-refractivity contribution is 7.89. The van der Waals surface area contributed by atoms with Crippen molar-refractivity contribution in [3.05, 3.63) is 29.8 Å². The number of hydrogen-bond acceptors (Lipinski definition) is 4. The van der Waals surface area contributed by atoms with Crippen LogP contribution in [0.25, 0.3) is 0 Å². The molecule has 1 saturated carbocycles. The molecule has 0 saturated heterocycles. The average Bonchev–Trinajstić information content (AvgIpc) is 3.20. The molecule has 0 spiro atoms. The molecule has 5 nitrogen and oxygen atoms in total. The summed E-state index contributed by atoms with van der Waals surface area (Å²) in [6, 6.07) is 6.87. The largest absolute Gasteiger partial charge is 0.329 e. The van der Waals surface area contributed by atoms with Gasteiger partial charge in [0.1, 0.15) is 0 Å². The molecule has 0 bridgehead atoms. The molecule has 0 aliphatic heterocycles. The summed E-state index contributed by atoms with van der Waals surface area (Å²) in [5.41, 5.74) is 6.73. The maximum absolute atomic E-state index is 12.3. The lowest BCUT2D eigenvalue weighted by Gasteiger charge is -2.16. The molecule has 0 radical (unpaired) electrons. The number of sulfonamides is 1. The fourth-order valence-corrected chi connectivity index (χ4v) is 3.56. The minimum atomic E-state index is -3.47. The van der Waals surface area contributed by atoms with E-state index in [4.69, 9.17) is 5.73 Å². The Balaban J connectivity index is 0.00000220. The van der Waals surface area contributed by atoms with E-state index in [1.807, 2.05) is 31.1 Å². The molecule has 1 atom stereocenters. The molecule has 3 N–H and O–H groups in total. The summed E-state index contributed by atoms with van der Waals surface area (Å²) < 4.78 is 27.3. The molecular formula is C14H24ClN3O2S. The molecule has 1 aliphatic rings. The van der Waals surface area contributed by atoms with Crippen LogP contribution >= 0.6 is 12.4 Å². The van der Waals surface area contributed by atoms with E-state index in [2.05, 4.69) is 4.72 Å². The number of benzene rings is 1. The predicted octanol–water partition coefficient (Wildman–Crippen LogP) is 1.19. The number of rotatable bonds is 7. The van der Waals surface area contributed by atoms with Gasteiger partial charge in [-0.05, 0) is 50.6 Å². The minimum Gasteiger partial charge on any atom is -0.329 e. The van der Waals surface area contributed by atoms with E-state index >= 15 is 0 Å². The van der Waals surface area contributed by atoms with Gasteiger partial charge in [0.25, 0.3) is 0 Å². The predicted molar refractivity (Wildman–Crippen MR) is 87.0 cm³/mol. The fraction of sp³-hybridized carbons (Fsp3) is 0.571.